The highest BCUT2D eigenvalue weighted by atomic mass is 16.9. The maximum atomic E-state index is 13.3. The molecule has 4 bridgehead atoms. The number of nitrogens with one attached hydrogen (secondary N) is 6. The lowest BCUT2D eigenvalue weighted by atomic mass is 10.0. The van der Waals surface area contributed by atoms with Crippen LogP contribution in [0, 0.1) is 0 Å². The van der Waals surface area contributed by atoms with Gasteiger partial charge in [0, 0.05) is 13.1 Å². The molecule has 0 aromatic heterocycles. The molecule has 0 spiro atoms. The van der Waals surface area contributed by atoms with E-state index in [4.69, 9.17) is 4.94 Å². The number of urea groups is 2. The number of amides is 8. The zero-order chi connectivity index (χ0) is 30.1. The highest BCUT2D eigenvalue weighted by Crippen LogP contribution is 2.35. The first kappa shape index (κ1) is 29.4. The Hall–Kier alpha value is -3.70. The molecule has 17 heteroatoms. The first-order chi connectivity index (χ1) is 20.8. The number of hydrazine groups is 2. The standard InChI is InChI=1S/C26H40N10O7/c37-21(17-5-1-3-11-27-17)29-31-23(39)19-9-7-15-13-33(19)25(41)35(15)43-36-16-8-10-20(34(14-16)26(36)42)24(40)32-30-22(38)18-6-2-4-12-28-18/h15-20,27-28H,1-14H2,(H,29,37)(H,30,38)(H,31,39)(H,32,40)/t15-,16-,17+,18+,19-,20-/m1/s1. The number of carbonyl (C=O) groups excluding carboxylic acids is 6. The van der Waals surface area contributed by atoms with Crippen LogP contribution in [0.1, 0.15) is 64.2 Å². The van der Waals surface area contributed by atoms with Crippen molar-refractivity contribution in [1.82, 2.24) is 52.3 Å². The van der Waals surface area contributed by atoms with E-state index in [0.29, 0.717) is 38.5 Å². The maximum Gasteiger partial charge on any atom is 0.347 e. The molecule has 0 unspecified atom stereocenters. The lowest BCUT2D eigenvalue weighted by molar-refractivity contribution is -0.284. The first-order valence-electron chi connectivity index (χ1n) is 15.4. The minimum atomic E-state index is -0.790. The van der Waals surface area contributed by atoms with E-state index in [9.17, 15) is 28.8 Å². The van der Waals surface area contributed by atoms with Crippen molar-refractivity contribution in [3.8, 4) is 0 Å². The molecule has 6 aliphatic rings. The first-order valence-corrected chi connectivity index (χ1v) is 15.4. The average Bonchev–Trinajstić information content (AvgIpc) is 3.42. The molecular formula is C26H40N10O7. The maximum absolute atomic E-state index is 13.3. The number of rotatable bonds is 6. The Morgan fingerprint density at radius 3 is 1.40 bits per heavy atom. The van der Waals surface area contributed by atoms with Gasteiger partial charge >= 0.3 is 12.1 Å². The summed E-state index contributed by atoms with van der Waals surface area (Å²) >= 11 is 0. The highest BCUT2D eigenvalue weighted by molar-refractivity contribution is 5.92. The van der Waals surface area contributed by atoms with E-state index in [1.165, 1.54) is 9.80 Å². The summed E-state index contributed by atoms with van der Waals surface area (Å²) < 4.78 is 0. The summed E-state index contributed by atoms with van der Waals surface area (Å²) in [5.41, 5.74) is 9.85. The predicted molar refractivity (Wildman–Crippen MR) is 146 cm³/mol. The molecule has 6 heterocycles. The topological polar surface area (TPSA) is 197 Å². The van der Waals surface area contributed by atoms with E-state index < -0.39 is 36.0 Å². The third kappa shape index (κ3) is 5.92. The van der Waals surface area contributed by atoms with Gasteiger partial charge in [0.15, 0.2) is 0 Å². The molecule has 6 N–H and O–H groups in total. The van der Waals surface area contributed by atoms with Crippen LogP contribution in [0.25, 0.3) is 0 Å². The minimum Gasteiger partial charge on any atom is -0.309 e. The molecule has 6 rings (SSSR count). The van der Waals surface area contributed by atoms with Crippen molar-refractivity contribution in [2.75, 3.05) is 26.2 Å². The second-order valence-electron chi connectivity index (χ2n) is 12.1. The summed E-state index contributed by atoms with van der Waals surface area (Å²) in [5, 5.41) is 8.52. The molecule has 43 heavy (non-hydrogen) atoms. The molecule has 8 amide bonds. The Bertz CT molecular complexity index is 1060. The normalized spacial score (nSPS) is 32.0. The van der Waals surface area contributed by atoms with E-state index in [2.05, 4.69) is 32.3 Å². The largest absolute Gasteiger partial charge is 0.347 e. The molecule has 236 valence electrons. The highest BCUT2D eigenvalue weighted by Gasteiger charge is 2.53. The number of piperidine rings is 4. The fourth-order valence-corrected chi connectivity index (χ4v) is 6.86. The van der Waals surface area contributed by atoms with Crippen LogP contribution in [0.4, 0.5) is 9.59 Å². The quantitative estimate of drug-likeness (QED) is 0.185. The molecule has 6 aliphatic heterocycles. The number of fused-ring (bicyclic) bond motifs is 4. The van der Waals surface area contributed by atoms with Crippen molar-refractivity contribution in [2.24, 2.45) is 0 Å². The van der Waals surface area contributed by atoms with Crippen LogP contribution >= 0.6 is 0 Å². The van der Waals surface area contributed by atoms with Crippen molar-refractivity contribution in [1.29, 1.82) is 0 Å². The molecule has 6 saturated heterocycles. The van der Waals surface area contributed by atoms with E-state index in [0.717, 1.165) is 48.9 Å². The van der Waals surface area contributed by atoms with Gasteiger partial charge in [-0.1, -0.05) is 12.8 Å². The van der Waals surface area contributed by atoms with Crippen molar-refractivity contribution in [3.63, 3.8) is 0 Å². The number of nitrogens with zero attached hydrogens (tertiary/aromatic N) is 4. The van der Waals surface area contributed by atoms with Gasteiger partial charge in [-0.25, -0.2) is 9.59 Å². The van der Waals surface area contributed by atoms with Crippen molar-refractivity contribution in [2.45, 2.75) is 100 Å². The number of hydrogen-bond donors (Lipinski definition) is 6. The monoisotopic (exact) mass is 604 g/mol. The van der Waals surface area contributed by atoms with Crippen LogP contribution in [-0.4, -0.2) is 118 Å². The molecular weight excluding hydrogens is 564 g/mol. The van der Waals surface area contributed by atoms with Crippen molar-refractivity contribution in [3.05, 3.63) is 0 Å². The summed E-state index contributed by atoms with van der Waals surface area (Å²) in [6.45, 7) is 1.98. The molecule has 0 aromatic rings. The molecule has 17 nitrogen and oxygen atoms in total. The van der Waals surface area contributed by atoms with E-state index >= 15 is 0 Å². The Kier molecular flexibility index (Phi) is 8.54. The smallest absolute Gasteiger partial charge is 0.309 e. The Labute approximate surface area is 248 Å². The van der Waals surface area contributed by atoms with Gasteiger partial charge in [0.25, 0.3) is 23.6 Å². The van der Waals surface area contributed by atoms with Gasteiger partial charge in [-0.05, 0) is 64.5 Å². The fourth-order valence-electron chi connectivity index (χ4n) is 6.86. The molecule has 6 atom stereocenters. The van der Waals surface area contributed by atoms with Crippen molar-refractivity contribution >= 4 is 35.7 Å². The van der Waals surface area contributed by atoms with Gasteiger partial charge in [0.2, 0.25) is 0 Å². The summed E-state index contributed by atoms with van der Waals surface area (Å²) in [6, 6.07) is -4.10. The second-order valence-corrected chi connectivity index (χ2v) is 12.1. The lowest BCUT2D eigenvalue weighted by Crippen LogP contribution is -2.57. The van der Waals surface area contributed by atoms with Crippen LogP contribution in [-0.2, 0) is 24.1 Å². The molecule has 0 saturated carbocycles. The number of hydrogen-bond acceptors (Lipinski definition) is 9. The second kappa shape index (κ2) is 12.5. The number of hydroxylamine groups is 4. The predicted octanol–water partition coefficient (Wildman–Crippen LogP) is -2.05. The van der Waals surface area contributed by atoms with E-state index in [1.807, 2.05) is 0 Å². The van der Waals surface area contributed by atoms with Crippen molar-refractivity contribution < 1.29 is 33.7 Å². The lowest BCUT2D eigenvalue weighted by Gasteiger charge is -2.30. The summed E-state index contributed by atoms with van der Waals surface area (Å²) in [6.07, 6.45) is 6.93. The third-order valence-electron chi connectivity index (χ3n) is 9.30. The number of carbonyl (C=O) groups is 6. The van der Waals surface area contributed by atoms with Crippen LogP contribution < -0.4 is 32.3 Å². The van der Waals surface area contributed by atoms with E-state index in [1.54, 1.807) is 0 Å². The van der Waals surface area contributed by atoms with Gasteiger partial charge in [-0.3, -0.25) is 40.9 Å². The van der Waals surface area contributed by atoms with Gasteiger partial charge < -0.3 is 20.4 Å². The Morgan fingerprint density at radius 1 is 0.581 bits per heavy atom. The molecule has 0 aromatic carbocycles. The molecule has 6 fully saturated rings. The van der Waals surface area contributed by atoms with Crippen LogP contribution in [0.3, 0.4) is 0 Å². The van der Waals surface area contributed by atoms with Crippen LogP contribution in [0.2, 0.25) is 0 Å². The zero-order valence-corrected chi connectivity index (χ0v) is 24.0. The van der Waals surface area contributed by atoms with Gasteiger partial charge in [0.05, 0.1) is 24.2 Å². The Balaban J connectivity index is 1.00. The minimum absolute atomic E-state index is 0.242. The zero-order valence-electron chi connectivity index (χ0n) is 24.0. The molecule has 0 radical (unpaired) electrons. The summed E-state index contributed by atoms with van der Waals surface area (Å²) in [4.78, 5) is 85.9. The van der Waals surface area contributed by atoms with Gasteiger partial charge in [0.1, 0.15) is 12.1 Å². The van der Waals surface area contributed by atoms with Gasteiger partial charge in [-0.15, -0.1) is 4.94 Å². The van der Waals surface area contributed by atoms with Crippen LogP contribution in [0.15, 0.2) is 0 Å². The SMILES string of the molecule is O=C(NNC(=O)[C@H]1CC[C@@H]2CN1C(=O)N2ON1C(=O)N2C[C@H]1CC[C@@H]2C(=O)NNC(=O)[C@@H]1CCCCN1)[C@@H]1CCCCN1. The van der Waals surface area contributed by atoms with E-state index in [-0.39, 0.29) is 49.1 Å². The average molecular weight is 605 g/mol. The fraction of sp³-hybridized carbons (Fsp3) is 0.769. The summed E-state index contributed by atoms with van der Waals surface area (Å²) in [7, 11) is 0. The van der Waals surface area contributed by atoms with Gasteiger partial charge in [-0.2, -0.15) is 10.1 Å². The third-order valence-corrected chi connectivity index (χ3v) is 9.30. The molecule has 0 aliphatic carbocycles. The summed E-state index contributed by atoms with van der Waals surface area (Å²) in [5.74, 6) is -1.61. The van der Waals surface area contributed by atoms with Crippen LogP contribution in [0.5, 0.6) is 0 Å². The Morgan fingerprint density at radius 2 is 1.00 bits per heavy atom.